The maximum atomic E-state index is 13.3. The first-order chi connectivity index (χ1) is 14.1. The van der Waals surface area contributed by atoms with Crippen LogP contribution in [0.15, 0.2) is 66.1 Å². The number of nitrogens with one attached hydrogen (secondary N) is 2. The second-order valence-electron chi connectivity index (χ2n) is 6.55. The van der Waals surface area contributed by atoms with Gasteiger partial charge in [-0.2, -0.15) is 10.1 Å². The van der Waals surface area contributed by atoms with Crippen LogP contribution in [0.4, 0.5) is 11.6 Å². The minimum absolute atomic E-state index is 0.228. The molecule has 148 valence electrons. The van der Waals surface area contributed by atoms with Crippen molar-refractivity contribution in [2.45, 2.75) is 13.0 Å². The van der Waals surface area contributed by atoms with Crippen molar-refractivity contribution in [2.24, 2.45) is 0 Å². The Balaban J connectivity index is 1.73. The van der Waals surface area contributed by atoms with E-state index in [1.165, 1.54) is 6.33 Å². The van der Waals surface area contributed by atoms with Gasteiger partial charge in [0.1, 0.15) is 23.9 Å². The molecule has 0 unspecified atom stereocenters. The van der Waals surface area contributed by atoms with Gasteiger partial charge in [-0.15, -0.1) is 0 Å². The number of methoxy groups -OCH3 is 2. The second kappa shape index (κ2) is 7.67. The van der Waals surface area contributed by atoms with E-state index in [0.29, 0.717) is 28.7 Å². The second-order valence-corrected chi connectivity index (χ2v) is 6.55. The zero-order valence-electron chi connectivity index (χ0n) is 16.3. The van der Waals surface area contributed by atoms with Crippen LogP contribution in [0.2, 0.25) is 0 Å². The van der Waals surface area contributed by atoms with Gasteiger partial charge in [0.25, 0.3) is 5.91 Å². The van der Waals surface area contributed by atoms with E-state index in [0.717, 1.165) is 11.3 Å². The van der Waals surface area contributed by atoms with E-state index in [-0.39, 0.29) is 5.91 Å². The smallest absolute Gasteiger partial charge is 0.255 e. The number of hydrogen-bond donors (Lipinski definition) is 2. The summed E-state index contributed by atoms with van der Waals surface area (Å²) in [5.74, 6) is 1.78. The minimum atomic E-state index is -0.443. The fraction of sp³-hybridized carbons (Fsp3) is 0.190. The van der Waals surface area contributed by atoms with Gasteiger partial charge in [0, 0.05) is 11.4 Å². The molecule has 1 atom stereocenters. The zero-order valence-corrected chi connectivity index (χ0v) is 16.3. The van der Waals surface area contributed by atoms with Gasteiger partial charge in [-0.05, 0) is 48.9 Å². The highest BCUT2D eigenvalue weighted by Crippen LogP contribution is 2.36. The molecule has 2 aromatic carbocycles. The predicted molar refractivity (Wildman–Crippen MR) is 109 cm³/mol. The topological polar surface area (TPSA) is 90.3 Å². The average molecular weight is 391 g/mol. The largest absolute Gasteiger partial charge is 0.497 e. The third kappa shape index (κ3) is 3.52. The molecular weight excluding hydrogens is 370 g/mol. The van der Waals surface area contributed by atoms with Crippen molar-refractivity contribution in [3.63, 3.8) is 0 Å². The Hall–Kier alpha value is -3.81. The maximum absolute atomic E-state index is 13.3. The molecule has 0 radical (unpaired) electrons. The molecule has 0 fully saturated rings. The van der Waals surface area contributed by atoms with Gasteiger partial charge in [-0.25, -0.2) is 4.68 Å². The Bertz CT molecular complexity index is 1070. The van der Waals surface area contributed by atoms with E-state index in [9.17, 15) is 4.79 Å². The Kier molecular flexibility index (Phi) is 4.90. The third-order valence-corrected chi connectivity index (χ3v) is 4.80. The van der Waals surface area contributed by atoms with Gasteiger partial charge in [0.15, 0.2) is 0 Å². The lowest BCUT2D eigenvalue weighted by Crippen LogP contribution is -2.31. The van der Waals surface area contributed by atoms with E-state index >= 15 is 0 Å². The van der Waals surface area contributed by atoms with Gasteiger partial charge in [0.05, 0.1) is 19.8 Å². The first-order valence-corrected chi connectivity index (χ1v) is 9.07. The van der Waals surface area contributed by atoms with Crippen molar-refractivity contribution < 1.29 is 14.3 Å². The number of aromatic nitrogens is 3. The number of fused-ring (bicyclic) bond motifs is 1. The van der Waals surface area contributed by atoms with Crippen LogP contribution in [0.3, 0.4) is 0 Å². The van der Waals surface area contributed by atoms with Crippen molar-refractivity contribution in [3.8, 4) is 11.5 Å². The van der Waals surface area contributed by atoms with E-state index in [1.54, 1.807) is 43.2 Å². The molecule has 29 heavy (non-hydrogen) atoms. The van der Waals surface area contributed by atoms with E-state index in [4.69, 9.17) is 9.47 Å². The van der Waals surface area contributed by atoms with Crippen LogP contribution in [-0.4, -0.2) is 34.9 Å². The molecule has 2 N–H and O–H groups in total. The van der Waals surface area contributed by atoms with Crippen molar-refractivity contribution in [1.29, 1.82) is 0 Å². The molecule has 0 saturated heterocycles. The maximum Gasteiger partial charge on any atom is 0.255 e. The number of rotatable bonds is 5. The van der Waals surface area contributed by atoms with Crippen LogP contribution >= 0.6 is 0 Å². The molecule has 3 aromatic rings. The minimum Gasteiger partial charge on any atom is -0.497 e. The Morgan fingerprint density at radius 2 is 1.86 bits per heavy atom. The molecule has 0 aliphatic carbocycles. The SMILES string of the molecule is COc1ccc(NC(=O)C2=C(C)Nc3ncnn3[C@H]2c2cccc(OC)c2)cc1. The van der Waals surface area contributed by atoms with Gasteiger partial charge >= 0.3 is 0 Å². The highest BCUT2D eigenvalue weighted by Gasteiger charge is 2.33. The highest BCUT2D eigenvalue weighted by atomic mass is 16.5. The van der Waals surface area contributed by atoms with Crippen LogP contribution in [-0.2, 0) is 4.79 Å². The summed E-state index contributed by atoms with van der Waals surface area (Å²) in [6.45, 7) is 1.86. The first-order valence-electron chi connectivity index (χ1n) is 9.07. The van der Waals surface area contributed by atoms with Gasteiger partial charge < -0.3 is 20.1 Å². The molecule has 1 amide bonds. The van der Waals surface area contributed by atoms with Crippen LogP contribution < -0.4 is 20.1 Å². The number of benzene rings is 2. The summed E-state index contributed by atoms with van der Waals surface area (Å²) in [6.07, 6.45) is 1.47. The van der Waals surface area contributed by atoms with Crippen LogP contribution in [0, 0.1) is 0 Å². The number of allylic oxidation sites excluding steroid dienone is 1. The Morgan fingerprint density at radius 1 is 1.10 bits per heavy atom. The fourth-order valence-electron chi connectivity index (χ4n) is 3.38. The highest BCUT2D eigenvalue weighted by molar-refractivity contribution is 6.06. The van der Waals surface area contributed by atoms with E-state index < -0.39 is 6.04 Å². The van der Waals surface area contributed by atoms with Gasteiger partial charge in [-0.3, -0.25) is 4.79 Å². The summed E-state index contributed by atoms with van der Waals surface area (Å²) in [6, 6.07) is 14.3. The summed E-state index contributed by atoms with van der Waals surface area (Å²) in [5, 5.41) is 10.5. The Labute approximate surface area is 168 Å². The van der Waals surface area contributed by atoms with Crippen LogP contribution in [0.5, 0.6) is 11.5 Å². The lowest BCUT2D eigenvalue weighted by atomic mass is 9.95. The Morgan fingerprint density at radius 3 is 2.59 bits per heavy atom. The number of nitrogens with zero attached hydrogens (tertiary/aromatic N) is 3. The molecule has 1 aliphatic rings. The van der Waals surface area contributed by atoms with E-state index in [1.807, 2.05) is 31.2 Å². The lowest BCUT2D eigenvalue weighted by Gasteiger charge is -2.29. The number of hydrogen-bond acceptors (Lipinski definition) is 6. The predicted octanol–water partition coefficient (Wildman–Crippen LogP) is 3.22. The standard InChI is InChI=1S/C21H21N5O3/c1-13-18(20(27)25-15-7-9-16(28-2)10-8-15)19(26-21(24-13)22-12-23-26)14-5-4-6-17(11-14)29-3/h4-12,19H,1-3H3,(H,25,27)(H,22,23,24)/t19-/m0/s1. The summed E-state index contributed by atoms with van der Waals surface area (Å²) in [4.78, 5) is 17.5. The van der Waals surface area contributed by atoms with Crippen LogP contribution in [0.1, 0.15) is 18.5 Å². The molecule has 0 bridgehead atoms. The summed E-state index contributed by atoms with van der Waals surface area (Å²) in [7, 11) is 3.21. The number of anilines is 2. The molecule has 4 rings (SSSR count). The van der Waals surface area contributed by atoms with Crippen molar-refractivity contribution in [3.05, 3.63) is 71.7 Å². The summed E-state index contributed by atoms with van der Waals surface area (Å²) in [5.41, 5.74) is 2.80. The normalized spacial score (nSPS) is 15.3. The summed E-state index contributed by atoms with van der Waals surface area (Å²) < 4.78 is 12.2. The quantitative estimate of drug-likeness (QED) is 0.694. The van der Waals surface area contributed by atoms with Gasteiger partial charge in [-0.1, -0.05) is 12.1 Å². The zero-order chi connectivity index (χ0) is 20.4. The van der Waals surface area contributed by atoms with Crippen LogP contribution in [0.25, 0.3) is 0 Å². The molecule has 8 nitrogen and oxygen atoms in total. The van der Waals surface area contributed by atoms with Crippen molar-refractivity contribution in [1.82, 2.24) is 14.8 Å². The lowest BCUT2D eigenvalue weighted by molar-refractivity contribution is -0.113. The first kappa shape index (κ1) is 18.5. The molecule has 8 heteroatoms. The summed E-state index contributed by atoms with van der Waals surface area (Å²) >= 11 is 0. The molecule has 0 spiro atoms. The number of carbonyl (C=O) groups excluding carboxylic acids is 1. The van der Waals surface area contributed by atoms with Gasteiger partial charge in [0.2, 0.25) is 5.95 Å². The molecule has 0 saturated carbocycles. The monoisotopic (exact) mass is 391 g/mol. The molecule has 1 aliphatic heterocycles. The van der Waals surface area contributed by atoms with Crippen molar-refractivity contribution >= 4 is 17.5 Å². The van der Waals surface area contributed by atoms with Crippen molar-refractivity contribution in [2.75, 3.05) is 24.9 Å². The number of carbonyl (C=O) groups is 1. The number of amides is 1. The fourth-order valence-corrected chi connectivity index (χ4v) is 3.38. The van der Waals surface area contributed by atoms with E-state index in [2.05, 4.69) is 20.7 Å². The average Bonchev–Trinajstić information content (AvgIpc) is 3.21. The molecular formula is C21H21N5O3. The molecule has 2 heterocycles. The third-order valence-electron chi connectivity index (χ3n) is 4.80. The molecule has 1 aromatic heterocycles. The number of ether oxygens (including phenoxy) is 2.